The van der Waals surface area contributed by atoms with E-state index in [9.17, 15) is 14.4 Å². The molecule has 118 valence electrons. The first-order chi connectivity index (χ1) is 10.1. The molecule has 1 atom stereocenters. The second kappa shape index (κ2) is 7.28. The van der Waals surface area contributed by atoms with Crippen LogP contribution in [-0.4, -0.2) is 65.5 Å². The van der Waals surface area contributed by atoms with Crippen molar-refractivity contribution in [1.29, 1.82) is 0 Å². The molecule has 0 aromatic rings. The number of carbonyl (C=O) groups excluding carboxylic acids is 2. The molecule has 2 aliphatic heterocycles. The van der Waals surface area contributed by atoms with Gasteiger partial charge in [0.25, 0.3) is 0 Å². The number of urea groups is 1. The molecule has 2 rings (SSSR count). The molecule has 0 spiro atoms. The Morgan fingerprint density at radius 1 is 1.05 bits per heavy atom. The molecule has 0 radical (unpaired) electrons. The van der Waals surface area contributed by atoms with Crippen molar-refractivity contribution in [2.24, 2.45) is 5.92 Å². The third kappa shape index (κ3) is 4.34. The van der Waals surface area contributed by atoms with Gasteiger partial charge >= 0.3 is 12.0 Å². The van der Waals surface area contributed by atoms with Gasteiger partial charge in [0.2, 0.25) is 5.91 Å². The average molecular weight is 297 g/mol. The van der Waals surface area contributed by atoms with Crippen LogP contribution >= 0.6 is 0 Å². The summed E-state index contributed by atoms with van der Waals surface area (Å²) < 4.78 is 0. The Balaban J connectivity index is 1.65. The highest BCUT2D eigenvalue weighted by molar-refractivity contribution is 5.79. The van der Waals surface area contributed by atoms with E-state index in [1.54, 1.807) is 0 Å². The van der Waals surface area contributed by atoms with Crippen LogP contribution in [-0.2, 0) is 9.59 Å². The first-order valence-electron chi connectivity index (χ1n) is 7.61. The van der Waals surface area contributed by atoms with Crippen molar-refractivity contribution in [3.05, 3.63) is 0 Å². The second-order valence-corrected chi connectivity index (χ2v) is 5.69. The van der Waals surface area contributed by atoms with Gasteiger partial charge in [-0.05, 0) is 25.7 Å². The molecule has 2 N–H and O–H groups in total. The fourth-order valence-corrected chi connectivity index (χ4v) is 2.84. The van der Waals surface area contributed by atoms with Crippen molar-refractivity contribution in [3.63, 3.8) is 0 Å². The lowest BCUT2D eigenvalue weighted by atomic mass is 10.1. The Morgan fingerprint density at radius 2 is 1.76 bits per heavy atom. The minimum absolute atomic E-state index is 0.0832. The third-order valence-electron chi connectivity index (χ3n) is 4.15. The number of likely N-dealkylation sites (tertiary alicyclic amines) is 2. The van der Waals surface area contributed by atoms with E-state index in [-0.39, 0.29) is 18.5 Å². The average Bonchev–Trinajstić information content (AvgIpc) is 2.98. The number of carboxylic acid groups (broad SMARTS) is 1. The highest BCUT2D eigenvalue weighted by Crippen LogP contribution is 2.16. The summed E-state index contributed by atoms with van der Waals surface area (Å²) in [5, 5.41) is 11.6. The number of amides is 3. The molecule has 0 bridgehead atoms. The van der Waals surface area contributed by atoms with Crippen molar-refractivity contribution in [2.45, 2.75) is 32.1 Å². The molecular formula is C14H23N3O4. The number of carbonyl (C=O) groups is 3. The van der Waals surface area contributed by atoms with Gasteiger partial charge in [-0.1, -0.05) is 0 Å². The molecule has 2 aliphatic rings. The zero-order chi connectivity index (χ0) is 15.2. The lowest BCUT2D eigenvalue weighted by Crippen LogP contribution is -2.41. The molecule has 1 unspecified atom stereocenters. The fourth-order valence-electron chi connectivity index (χ4n) is 2.84. The van der Waals surface area contributed by atoms with Crippen molar-refractivity contribution in [2.75, 3.05) is 32.7 Å². The summed E-state index contributed by atoms with van der Waals surface area (Å²) >= 11 is 0. The summed E-state index contributed by atoms with van der Waals surface area (Å²) in [5.74, 6) is -1.24. The van der Waals surface area contributed by atoms with Crippen LogP contribution in [0.1, 0.15) is 32.1 Å². The first kappa shape index (κ1) is 15.6. The van der Waals surface area contributed by atoms with E-state index in [2.05, 4.69) is 5.32 Å². The Hall–Kier alpha value is -1.79. The van der Waals surface area contributed by atoms with Gasteiger partial charge in [-0.25, -0.2) is 4.79 Å². The van der Waals surface area contributed by atoms with Crippen molar-refractivity contribution in [1.82, 2.24) is 15.1 Å². The van der Waals surface area contributed by atoms with Crippen LogP contribution in [0.4, 0.5) is 4.79 Å². The quantitative estimate of drug-likeness (QED) is 0.791. The van der Waals surface area contributed by atoms with E-state index in [0.29, 0.717) is 25.9 Å². The Morgan fingerprint density at radius 3 is 2.38 bits per heavy atom. The maximum atomic E-state index is 11.9. The number of piperidine rings is 1. The topological polar surface area (TPSA) is 90.0 Å². The van der Waals surface area contributed by atoms with Crippen LogP contribution in [0.25, 0.3) is 0 Å². The van der Waals surface area contributed by atoms with Crippen molar-refractivity contribution in [3.8, 4) is 0 Å². The van der Waals surface area contributed by atoms with Gasteiger partial charge in [0.05, 0.1) is 5.92 Å². The Bertz CT molecular complexity index is 407. The number of hydrogen-bond acceptors (Lipinski definition) is 3. The van der Waals surface area contributed by atoms with E-state index in [1.165, 1.54) is 11.3 Å². The van der Waals surface area contributed by atoms with Crippen LogP contribution < -0.4 is 5.32 Å². The molecule has 2 fully saturated rings. The maximum Gasteiger partial charge on any atom is 0.317 e. The molecule has 0 aliphatic carbocycles. The van der Waals surface area contributed by atoms with E-state index in [0.717, 1.165) is 25.9 Å². The highest BCUT2D eigenvalue weighted by Gasteiger charge is 2.30. The molecule has 0 saturated carbocycles. The van der Waals surface area contributed by atoms with Gasteiger partial charge in [-0.3, -0.25) is 9.59 Å². The molecule has 2 saturated heterocycles. The van der Waals surface area contributed by atoms with E-state index in [1.807, 2.05) is 4.90 Å². The number of carboxylic acids is 1. The van der Waals surface area contributed by atoms with Gasteiger partial charge in [-0.15, -0.1) is 0 Å². The summed E-state index contributed by atoms with van der Waals surface area (Å²) in [6.45, 7) is 2.66. The van der Waals surface area contributed by atoms with Crippen molar-refractivity contribution < 1.29 is 19.5 Å². The summed E-state index contributed by atoms with van der Waals surface area (Å²) in [6, 6.07) is -0.273. The van der Waals surface area contributed by atoms with E-state index >= 15 is 0 Å². The standard InChI is InChI=1S/C14H23N3O4/c18-12(16-7-2-1-3-8-16)4-6-15-14(21)17-9-5-11(10-17)13(19)20/h11H,1-10H2,(H,15,21)(H,19,20). The van der Waals surface area contributed by atoms with Gasteiger partial charge in [-0.2, -0.15) is 0 Å². The molecular weight excluding hydrogens is 274 g/mol. The van der Waals surface area contributed by atoms with Crippen LogP contribution in [0.2, 0.25) is 0 Å². The fraction of sp³-hybridized carbons (Fsp3) is 0.786. The summed E-state index contributed by atoms with van der Waals surface area (Å²) in [6.07, 6.45) is 4.10. The Kier molecular flexibility index (Phi) is 5.41. The predicted molar refractivity (Wildman–Crippen MR) is 75.8 cm³/mol. The molecule has 0 aromatic heterocycles. The lowest BCUT2D eigenvalue weighted by molar-refractivity contribution is -0.141. The minimum Gasteiger partial charge on any atom is -0.481 e. The normalized spacial score (nSPS) is 22.2. The third-order valence-corrected chi connectivity index (χ3v) is 4.15. The second-order valence-electron chi connectivity index (χ2n) is 5.69. The molecule has 21 heavy (non-hydrogen) atoms. The first-order valence-corrected chi connectivity index (χ1v) is 7.61. The van der Waals surface area contributed by atoms with Crippen molar-refractivity contribution >= 4 is 17.9 Å². The predicted octanol–water partition coefficient (Wildman–Crippen LogP) is 0.505. The molecule has 7 heteroatoms. The van der Waals surface area contributed by atoms with Gasteiger partial charge < -0.3 is 20.2 Å². The smallest absolute Gasteiger partial charge is 0.317 e. The SMILES string of the molecule is O=C(O)C1CCN(C(=O)NCCC(=O)N2CCCCC2)C1. The number of nitrogens with zero attached hydrogens (tertiary/aromatic N) is 2. The van der Waals surface area contributed by atoms with Gasteiger partial charge in [0.1, 0.15) is 0 Å². The number of hydrogen-bond donors (Lipinski definition) is 2. The lowest BCUT2D eigenvalue weighted by Gasteiger charge is -2.27. The molecule has 0 aromatic carbocycles. The van der Waals surface area contributed by atoms with Crippen LogP contribution in [0.5, 0.6) is 0 Å². The molecule has 7 nitrogen and oxygen atoms in total. The minimum atomic E-state index is -0.856. The highest BCUT2D eigenvalue weighted by atomic mass is 16.4. The Labute approximate surface area is 124 Å². The van der Waals surface area contributed by atoms with Crippen LogP contribution in [0.3, 0.4) is 0 Å². The van der Waals surface area contributed by atoms with Crippen LogP contribution in [0, 0.1) is 5.92 Å². The molecule has 2 heterocycles. The summed E-state index contributed by atoms with van der Waals surface area (Å²) in [5.41, 5.74) is 0. The monoisotopic (exact) mass is 297 g/mol. The largest absolute Gasteiger partial charge is 0.481 e. The van der Waals surface area contributed by atoms with E-state index in [4.69, 9.17) is 5.11 Å². The van der Waals surface area contributed by atoms with Gasteiger partial charge in [0, 0.05) is 39.1 Å². The zero-order valence-corrected chi connectivity index (χ0v) is 12.2. The maximum absolute atomic E-state index is 11.9. The molecule has 3 amide bonds. The number of rotatable bonds is 4. The van der Waals surface area contributed by atoms with E-state index < -0.39 is 11.9 Å². The zero-order valence-electron chi connectivity index (χ0n) is 12.2. The van der Waals surface area contributed by atoms with Crippen LogP contribution in [0.15, 0.2) is 0 Å². The summed E-state index contributed by atoms with van der Waals surface area (Å²) in [7, 11) is 0. The number of nitrogens with one attached hydrogen (secondary N) is 1. The van der Waals surface area contributed by atoms with Gasteiger partial charge in [0.15, 0.2) is 0 Å². The summed E-state index contributed by atoms with van der Waals surface area (Å²) in [4.78, 5) is 38.0. The number of aliphatic carboxylic acids is 1.